The van der Waals surface area contributed by atoms with Crippen LogP contribution in [0.3, 0.4) is 0 Å². The van der Waals surface area contributed by atoms with Crippen LogP contribution in [0.25, 0.3) is 11.3 Å². The number of aliphatic imine (C=N–C) groups is 1. The predicted octanol–water partition coefficient (Wildman–Crippen LogP) is 2.37. The second-order valence-electron chi connectivity index (χ2n) is 6.67. The lowest BCUT2D eigenvalue weighted by Crippen LogP contribution is -2.52. The van der Waals surface area contributed by atoms with Crippen LogP contribution < -0.4 is 10.2 Å². The van der Waals surface area contributed by atoms with Crippen molar-refractivity contribution in [1.82, 2.24) is 25.2 Å². The number of nitrogens with zero attached hydrogens (tertiary/aromatic N) is 5. The van der Waals surface area contributed by atoms with Crippen molar-refractivity contribution in [1.29, 1.82) is 0 Å². The lowest BCUT2D eigenvalue weighted by Gasteiger charge is -2.37. The van der Waals surface area contributed by atoms with E-state index in [1.165, 1.54) is 0 Å². The molecule has 7 heteroatoms. The zero-order valence-corrected chi connectivity index (χ0v) is 16.0. The molecule has 0 spiro atoms. The molecule has 4 rings (SSSR count). The molecule has 0 radical (unpaired) electrons. The van der Waals surface area contributed by atoms with E-state index < -0.39 is 0 Å². The van der Waals surface area contributed by atoms with Crippen LogP contribution in [0, 0.1) is 0 Å². The number of pyridine rings is 1. The molecular formula is C21H25N7. The van der Waals surface area contributed by atoms with Crippen LogP contribution in [-0.2, 0) is 6.54 Å². The summed E-state index contributed by atoms with van der Waals surface area (Å²) < 4.78 is 0. The minimum atomic E-state index is 0.611. The van der Waals surface area contributed by atoms with Crippen LogP contribution in [-0.4, -0.2) is 59.0 Å². The largest absolute Gasteiger partial charge is 0.353 e. The van der Waals surface area contributed by atoms with Crippen LogP contribution in [0.15, 0.2) is 65.9 Å². The third kappa shape index (κ3) is 4.14. The summed E-state index contributed by atoms with van der Waals surface area (Å²) >= 11 is 0. The fraction of sp³-hybridized carbons (Fsp3) is 0.286. The average Bonchev–Trinajstić information content (AvgIpc) is 3.25. The maximum atomic E-state index is 4.49. The van der Waals surface area contributed by atoms with Gasteiger partial charge >= 0.3 is 0 Å². The molecule has 2 N–H and O–H groups in total. The van der Waals surface area contributed by atoms with Gasteiger partial charge in [-0.2, -0.15) is 0 Å². The summed E-state index contributed by atoms with van der Waals surface area (Å²) in [6, 6.07) is 16.3. The van der Waals surface area contributed by atoms with Gasteiger partial charge in [-0.15, -0.1) is 0 Å². The third-order valence-electron chi connectivity index (χ3n) is 4.89. The number of imidazole rings is 1. The first-order valence-corrected chi connectivity index (χ1v) is 9.54. The van der Waals surface area contributed by atoms with Gasteiger partial charge in [0.25, 0.3) is 0 Å². The molecule has 1 saturated heterocycles. The monoisotopic (exact) mass is 375 g/mol. The number of aromatic amines is 1. The highest BCUT2D eigenvalue weighted by atomic mass is 15.4. The van der Waals surface area contributed by atoms with Crippen molar-refractivity contribution in [2.24, 2.45) is 4.99 Å². The van der Waals surface area contributed by atoms with Crippen molar-refractivity contribution in [2.45, 2.75) is 6.54 Å². The molecule has 0 unspecified atom stereocenters. The first-order valence-electron chi connectivity index (χ1n) is 9.54. The number of aromatic nitrogens is 3. The fourth-order valence-corrected chi connectivity index (χ4v) is 3.40. The molecule has 0 amide bonds. The van der Waals surface area contributed by atoms with E-state index in [0.717, 1.165) is 55.0 Å². The minimum Gasteiger partial charge on any atom is -0.353 e. The van der Waals surface area contributed by atoms with Crippen LogP contribution in [0.4, 0.5) is 5.82 Å². The molecule has 1 aliphatic rings. The molecule has 0 aliphatic carbocycles. The number of H-pyrrole nitrogens is 1. The normalized spacial score (nSPS) is 15.0. The van der Waals surface area contributed by atoms with Gasteiger partial charge in [-0.1, -0.05) is 36.4 Å². The molecule has 0 atom stereocenters. The topological polar surface area (TPSA) is 72.4 Å². The van der Waals surface area contributed by atoms with Crippen LogP contribution >= 0.6 is 0 Å². The molecule has 28 heavy (non-hydrogen) atoms. The average molecular weight is 375 g/mol. The highest BCUT2D eigenvalue weighted by molar-refractivity contribution is 5.80. The maximum Gasteiger partial charge on any atom is 0.194 e. The van der Waals surface area contributed by atoms with E-state index in [1.54, 1.807) is 0 Å². The van der Waals surface area contributed by atoms with Crippen molar-refractivity contribution in [3.05, 3.63) is 66.7 Å². The van der Waals surface area contributed by atoms with E-state index in [1.807, 2.05) is 49.8 Å². The Morgan fingerprint density at radius 3 is 2.54 bits per heavy atom. The number of nitrogens with one attached hydrogen (secondary N) is 2. The third-order valence-corrected chi connectivity index (χ3v) is 4.89. The van der Waals surface area contributed by atoms with Crippen LogP contribution in [0.2, 0.25) is 0 Å². The molecule has 2 aromatic heterocycles. The minimum absolute atomic E-state index is 0.611. The fourth-order valence-electron chi connectivity index (χ4n) is 3.40. The number of hydrogen-bond donors (Lipinski definition) is 2. The van der Waals surface area contributed by atoms with Crippen LogP contribution in [0.5, 0.6) is 0 Å². The molecule has 0 bridgehead atoms. The first-order chi connectivity index (χ1) is 13.8. The number of rotatable bonds is 4. The molecule has 144 valence electrons. The summed E-state index contributed by atoms with van der Waals surface area (Å²) in [7, 11) is 1.82. The Balaban J connectivity index is 1.32. The Labute approximate surface area is 165 Å². The lowest BCUT2D eigenvalue weighted by atomic mass is 10.2. The molecule has 3 heterocycles. The smallest absolute Gasteiger partial charge is 0.194 e. The van der Waals surface area contributed by atoms with Crippen LogP contribution in [0.1, 0.15) is 5.82 Å². The SMILES string of the molecule is CN=C(NCc1ncc(-c2ccccc2)[nH]1)N1CCN(c2ccccn2)CC1. The number of benzene rings is 1. The van der Waals surface area contributed by atoms with Crippen molar-refractivity contribution >= 4 is 11.8 Å². The predicted molar refractivity (Wildman–Crippen MR) is 112 cm³/mol. The summed E-state index contributed by atoms with van der Waals surface area (Å²) in [5.41, 5.74) is 2.16. The second-order valence-corrected chi connectivity index (χ2v) is 6.67. The van der Waals surface area contributed by atoms with E-state index in [-0.39, 0.29) is 0 Å². The molecule has 1 aromatic carbocycles. The zero-order chi connectivity index (χ0) is 19.2. The molecule has 0 saturated carbocycles. The number of guanidine groups is 1. The Kier molecular flexibility index (Phi) is 5.51. The van der Waals surface area contributed by atoms with E-state index in [2.05, 4.69) is 53.3 Å². The molecule has 1 fully saturated rings. The zero-order valence-electron chi connectivity index (χ0n) is 16.0. The Morgan fingerprint density at radius 2 is 1.82 bits per heavy atom. The molecule has 3 aromatic rings. The second kappa shape index (κ2) is 8.56. The van der Waals surface area contributed by atoms with E-state index in [0.29, 0.717) is 6.54 Å². The van der Waals surface area contributed by atoms with Gasteiger partial charge in [0.2, 0.25) is 0 Å². The number of piperazine rings is 1. The van der Waals surface area contributed by atoms with Crippen molar-refractivity contribution in [2.75, 3.05) is 38.1 Å². The van der Waals surface area contributed by atoms with E-state index >= 15 is 0 Å². The summed E-state index contributed by atoms with van der Waals surface area (Å²) in [6.07, 6.45) is 3.72. The molecule has 1 aliphatic heterocycles. The first kappa shape index (κ1) is 18.0. The van der Waals surface area contributed by atoms with Gasteiger partial charge in [0.15, 0.2) is 5.96 Å². The van der Waals surface area contributed by atoms with E-state index in [4.69, 9.17) is 0 Å². The van der Waals surface area contributed by atoms with Gasteiger partial charge in [0, 0.05) is 39.4 Å². The highest BCUT2D eigenvalue weighted by Crippen LogP contribution is 2.16. The summed E-state index contributed by atoms with van der Waals surface area (Å²) in [5.74, 6) is 2.83. The number of anilines is 1. The van der Waals surface area contributed by atoms with Crippen molar-refractivity contribution in [3.63, 3.8) is 0 Å². The van der Waals surface area contributed by atoms with E-state index in [9.17, 15) is 0 Å². The quantitative estimate of drug-likeness (QED) is 0.541. The molecule has 7 nitrogen and oxygen atoms in total. The Morgan fingerprint density at radius 1 is 1.04 bits per heavy atom. The Bertz CT molecular complexity index is 897. The van der Waals surface area contributed by atoms with Gasteiger partial charge < -0.3 is 20.1 Å². The van der Waals surface area contributed by atoms with Crippen molar-refractivity contribution < 1.29 is 0 Å². The summed E-state index contributed by atoms with van der Waals surface area (Å²) in [5, 5.41) is 3.42. The van der Waals surface area contributed by atoms with Gasteiger partial charge in [0.1, 0.15) is 11.6 Å². The van der Waals surface area contributed by atoms with Gasteiger partial charge in [0.05, 0.1) is 18.4 Å². The Hall–Kier alpha value is -3.35. The standard InChI is InChI=1S/C21H25N7/c1-22-21(28-13-11-27(12-14-28)20-9-5-6-10-23-20)25-16-19-24-15-18(26-19)17-7-3-2-4-8-17/h2-10,15H,11-14,16H2,1H3,(H,22,25)(H,24,26). The maximum absolute atomic E-state index is 4.49. The van der Waals surface area contributed by atoms with Gasteiger partial charge in [-0.25, -0.2) is 9.97 Å². The van der Waals surface area contributed by atoms with Gasteiger partial charge in [-0.05, 0) is 17.7 Å². The van der Waals surface area contributed by atoms with Gasteiger partial charge in [-0.3, -0.25) is 4.99 Å². The number of hydrogen-bond acceptors (Lipinski definition) is 4. The summed E-state index contributed by atoms with van der Waals surface area (Å²) in [6.45, 7) is 4.28. The molecular weight excluding hydrogens is 350 g/mol. The lowest BCUT2D eigenvalue weighted by molar-refractivity contribution is 0.371. The summed E-state index contributed by atoms with van der Waals surface area (Å²) in [4.78, 5) is 21.3. The van der Waals surface area contributed by atoms with Crippen molar-refractivity contribution in [3.8, 4) is 11.3 Å². The highest BCUT2D eigenvalue weighted by Gasteiger charge is 2.20.